The molecule has 0 spiro atoms. The maximum atomic E-state index is 12.0. The van der Waals surface area contributed by atoms with Crippen molar-refractivity contribution in [3.63, 3.8) is 0 Å². The van der Waals surface area contributed by atoms with Crippen LogP contribution in [0.25, 0.3) is 5.69 Å². The lowest BCUT2D eigenvalue weighted by molar-refractivity contribution is 0.0918. The van der Waals surface area contributed by atoms with Gasteiger partial charge < -0.3 is 20.1 Å². The predicted molar refractivity (Wildman–Crippen MR) is 105 cm³/mol. The summed E-state index contributed by atoms with van der Waals surface area (Å²) in [6.07, 6.45) is 4.21. The van der Waals surface area contributed by atoms with E-state index in [1.807, 2.05) is 65.5 Å². The van der Waals surface area contributed by atoms with E-state index in [0.29, 0.717) is 25.4 Å². The van der Waals surface area contributed by atoms with Crippen LogP contribution in [0.5, 0.6) is 11.5 Å². The molecule has 1 aliphatic rings. The minimum atomic E-state index is -0.212. The predicted octanol–water partition coefficient (Wildman–Crippen LogP) is 2.55. The number of nitrogens with one attached hydrogen (secondary N) is 2. The molecule has 0 fully saturated rings. The van der Waals surface area contributed by atoms with Crippen molar-refractivity contribution < 1.29 is 14.3 Å². The summed E-state index contributed by atoms with van der Waals surface area (Å²) in [5, 5.41) is 9.90. The number of aromatic nitrogens is 2. The summed E-state index contributed by atoms with van der Waals surface area (Å²) in [5.41, 5.74) is 2.16. The number of para-hydroxylation sites is 2. The van der Waals surface area contributed by atoms with Gasteiger partial charge in [-0.1, -0.05) is 24.3 Å². The lowest BCUT2D eigenvalue weighted by Crippen LogP contribution is -2.44. The molecule has 2 aromatic carbocycles. The Kier molecular flexibility index (Phi) is 5.42. The number of hydrogen-bond acceptors (Lipinski definition) is 4. The fourth-order valence-electron chi connectivity index (χ4n) is 2.99. The summed E-state index contributed by atoms with van der Waals surface area (Å²) in [6, 6.07) is 17.3. The van der Waals surface area contributed by atoms with Gasteiger partial charge in [-0.15, -0.1) is 0 Å². The molecule has 1 aliphatic heterocycles. The Labute approximate surface area is 163 Å². The minimum Gasteiger partial charge on any atom is -0.486 e. The quantitative estimate of drug-likeness (QED) is 0.691. The number of amides is 2. The zero-order chi connectivity index (χ0) is 19.2. The fraction of sp³-hybridized carbons (Fsp3) is 0.238. The van der Waals surface area contributed by atoms with E-state index in [0.717, 1.165) is 23.4 Å². The van der Waals surface area contributed by atoms with Gasteiger partial charge in [-0.25, -0.2) is 9.48 Å². The van der Waals surface area contributed by atoms with Crippen molar-refractivity contribution in [2.45, 2.75) is 12.5 Å². The van der Waals surface area contributed by atoms with Gasteiger partial charge in [0, 0.05) is 18.9 Å². The Morgan fingerprint density at radius 1 is 1.07 bits per heavy atom. The topological polar surface area (TPSA) is 77.4 Å². The van der Waals surface area contributed by atoms with Gasteiger partial charge in [-0.2, -0.15) is 5.10 Å². The average molecular weight is 378 g/mol. The smallest absolute Gasteiger partial charge is 0.314 e. The summed E-state index contributed by atoms with van der Waals surface area (Å²) < 4.78 is 13.3. The third-order valence-electron chi connectivity index (χ3n) is 4.46. The summed E-state index contributed by atoms with van der Waals surface area (Å²) in [5.74, 6) is 1.45. The largest absolute Gasteiger partial charge is 0.486 e. The van der Waals surface area contributed by atoms with Crippen molar-refractivity contribution in [3.05, 3.63) is 72.6 Å². The van der Waals surface area contributed by atoms with Gasteiger partial charge in [-0.3, -0.25) is 0 Å². The normalized spacial score (nSPS) is 15.1. The zero-order valence-corrected chi connectivity index (χ0v) is 15.4. The summed E-state index contributed by atoms with van der Waals surface area (Å²) in [7, 11) is 0. The van der Waals surface area contributed by atoms with Crippen molar-refractivity contribution in [3.8, 4) is 17.2 Å². The average Bonchev–Trinajstić information content (AvgIpc) is 3.27. The summed E-state index contributed by atoms with van der Waals surface area (Å²) in [6.45, 7) is 1.36. The first-order valence-corrected chi connectivity index (χ1v) is 9.27. The highest BCUT2D eigenvalue weighted by atomic mass is 16.6. The van der Waals surface area contributed by atoms with Gasteiger partial charge in [0.25, 0.3) is 0 Å². The highest BCUT2D eigenvalue weighted by Crippen LogP contribution is 2.30. The molecular weight excluding hydrogens is 356 g/mol. The van der Waals surface area contributed by atoms with Crippen LogP contribution >= 0.6 is 0 Å². The van der Waals surface area contributed by atoms with Gasteiger partial charge in [0.15, 0.2) is 17.6 Å². The highest BCUT2D eigenvalue weighted by molar-refractivity contribution is 5.73. The molecule has 7 nitrogen and oxygen atoms in total. The molecule has 0 bridgehead atoms. The van der Waals surface area contributed by atoms with Crippen molar-refractivity contribution in [1.82, 2.24) is 20.4 Å². The second-order valence-corrected chi connectivity index (χ2v) is 6.50. The van der Waals surface area contributed by atoms with Crippen LogP contribution in [0.1, 0.15) is 5.56 Å². The first-order valence-electron chi connectivity index (χ1n) is 9.27. The van der Waals surface area contributed by atoms with E-state index in [-0.39, 0.29) is 12.1 Å². The van der Waals surface area contributed by atoms with E-state index in [1.54, 1.807) is 6.20 Å². The SMILES string of the molecule is O=C(NCCc1ccc(-n2cccn2)cc1)NCC1COc2ccccc2O1. The van der Waals surface area contributed by atoms with E-state index >= 15 is 0 Å². The summed E-state index contributed by atoms with van der Waals surface area (Å²) >= 11 is 0. The molecule has 2 amide bonds. The van der Waals surface area contributed by atoms with Crippen molar-refractivity contribution in [1.29, 1.82) is 0 Å². The number of nitrogens with zero attached hydrogens (tertiary/aromatic N) is 2. The molecule has 3 aromatic rings. The minimum absolute atomic E-state index is 0.199. The Morgan fingerprint density at radius 2 is 1.89 bits per heavy atom. The van der Waals surface area contributed by atoms with Gasteiger partial charge in [0.2, 0.25) is 0 Å². The molecule has 1 unspecified atom stereocenters. The Hall–Kier alpha value is -3.48. The highest BCUT2D eigenvalue weighted by Gasteiger charge is 2.20. The second kappa shape index (κ2) is 8.47. The Morgan fingerprint density at radius 3 is 2.68 bits per heavy atom. The number of ether oxygens (including phenoxy) is 2. The Balaban J connectivity index is 1.17. The molecule has 2 heterocycles. The van der Waals surface area contributed by atoms with Gasteiger partial charge in [-0.05, 0) is 42.3 Å². The number of fused-ring (bicyclic) bond motifs is 1. The number of urea groups is 1. The van der Waals surface area contributed by atoms with Crippen LogP contribution in [0, 0.1) is 0 Å². The molecule has 0 aliphatic carbocycles. The van der Waals surface area contributed by atoms with E-state index in [1.165, 1.54) is 0 Å². The molecular formula is C21H22N4O3. The monoisotopic (exact) mass is 378 g/mol. The Bertz CT molecular complexity index is 910. The number of benzene rings is 2. The number of carbonyl (C=O) groups is 1. The van der Waals surface area contributed by atoms with E-state index < -0.39 is 0 Å². The molecule has 7 heteroatoms. The maximum Gasteiger partial charge on any atom is 0.314 e. The standard InChI is InChI=1S/C21H22N4O3/c26-21(23-14-18-15-27-19-4-1-2-5-20(19)28-18)22-12-10-16-6-8-17(9-7-16)25-13-3-11-24-25/h1-9,11,13,18H,10,12,14-15H2,(H2,22,23,26). The molecule has 28 heavy (non-hydrogen) atoms. The van der Waals surface area contributed by atoms with Crippen molar-refractivity contribution in [2.75, 3.05) is 19.7 Å². The third-order valence-corrected chi connectivity index (χ3v) is 4.46. The lowest BCUT2D eigenvalue weighted by atomic mass is 10.1. The van der Waals surface area contributed by atoms with E-state index in [9.17, 15) is 4.79 Å². The zero-order valence-electron chi connectivity index (χ0n) is 15.4. The van der Waals surface area contributed by atoms with Gasteiger partial charge >= 0.3 is 6.03 Å². The van der Waals surface area contributed by atoms with Crippen molar-refractivity contribution in [2.24, 2.45) is 0 Å². The molecule has 4 rings (SSSR count). The molecule has 144 valence electrons. The first kappa shape index (κ1) is 17.9. The van der Waals surface area contributed by atoms with Crippen LogP contribution in [0.15, 0.2) is 67.0 Å². The number of hydrogen-bond donors (Lipinski definition) is 2. The third kappa shape index (κ3) is 4.43. The molecule has 1 atom stereocenters. The van der Waals surface area contributed by atoms with Crippen LogP contribution in [-0.2, 0) is 6.42 Å². The number of rotatable bonds is 6. The van der Waals surface area contributed by atoms with E-state index in [4.69, 9.17) is 9.47 Å². The molecule has 0 saturated carbocycles. The second-order valence-electron chi connectivity index (χ2n) is 6.50. The van der Waals surface area contributed by atoms with Crippen LogP contribution < -0.4 is 20.1 Å². The van der Waals surface area contributed by atoms with Gasteiger partial charge in [0.1, 0.15) is 6.61 Å². The van der Waals surface area contributed by atoms with Crippen LogP contribution in [0.4, 0.5) is 4.79 Å². The lowest BCUT2D eigenvalue weighted by Gasteiger charge is -2.26. The molecule has 0 saturated heterocycles. The molecule has 1 aromatic heterocycles. The fourth-order valence-corrected chi connectivity index (χ4v) is 2.99. The van der Waals surface area contributed by atoms with Crippen LogP contribution in [0.3, 0.4) is 0 Å². The van der Waals surface area contributed by atoms with Crippen molar-refractivity contribution >= 4 is 6.03 Å². The van der Waals surface area contributed by atoms with Gasteiger partial charge in [0.05, 0.1) is 12.2 Å². The van der Waals surface area contributed by atoms with Crippen LogP contribution in [-0.4, -0.2) is 41.6 Å². The van der Waals surface area contributed by atoms with Crippen LogP contribution in [0.2, 0.25) is 0 Å². The molecule has 0 radical (unpaired) electrons. The summed E-state index contributed by atoms with van der Waals surface area (Å²) in [4.78, 5) is 12.0. The first-order chi connectivity index (χ1) is 13.8. The van der Waals surface area contributed by atoms with E-state index in [2.05, 4.69) is 15.7 Å². The number of carbonyl (C=O) groups excluding carboxylic acids is 1. The maximum absolute atomic E-state index is 12.0. The molecule has 2 N–H and O–H groups in total.